The minimum Gasteiger partial charge on any atom is -0.327 e. The standard InChI is InChI=1S/C48H50N8S8/c1-9-17-25-26(18(10-2)34(58)33(17)57)42-49-41(25)53-43-27-19(11-3)35(59)36(60)20(12-4)28(27)45(50-43)55-47-31-23(15-7)39(63)40(64)24(16-8)32(31)48(52-47)56-46-30-22(14-6)38(62)37(61)21(13-5)29(30)44(51-46)54-42/h49-50,53,57-60,62H,9-16H2,1-8H3,(H,51,54)(H,52,55,56). The molecule has 0 amide bonds. The first kappa shape index (κ1) is 45.8. The van der Waals surface area contributed by atoms with E-state index in [0.29, 0.717) is 77.4 Å². The number of thiocarbonyl (C=S) groups is 3. The van der Waals surface area contributed by atoms with Crippen LogP contribution >= 0.6 is 99.8 Å². The molecule has 4 aromatic rings. The first-order valence-corrected chi connectivity index (χ1v) is 25.5. The van der Waals surface area contributed by atoms with Gasteiger partial charge in [-0.3, -0.25) is 0 Å². The van der Waals surface area contributed by atoms with E-state index in [1.807, 2.05) is 0 Å². The van der Waals surface area contributed by atoms with Gasteiger partial charge in [0.2, 0.25) is 0 Å². The van der Waals surface area contributed by atoms with Crippen LogP contribution in [0.5, 0.6) is 0 Å². The molecule has 3 aliphatic heterocycles. The van der Waals surface area contributed by atoms with Gasteiger partial charge >= 0.3 is 0 Å². The summed E-state index contributed by atoms with van der Waals surface area (Å²) in [5.41, 5.74) is 11.8. The number of nitrogens with zero attached hydrogens (tertiary/aromatic N) is 3. The Morgan fingerprint density at radius 3 is 1.34 bits per heavy atom. The lowest BCUT2D eigenvalue weighted by Gasteiger charge is -2.26. The number of fused-ring (bicyclic) bond motifs is 17. The van der Waals surface area contributed by atoms with Crippen LogP contribution in [0.2, 0.25) is 0 Å². The van der Waals surface area contributed by atoms with Crippen LogP contribution in [0, 0.1) is 0 Å². The fourth-order valence-corrected chi connectivity index (χ4v) is 13.4. The van der Waals surface area contributed by atoms with E-state index in [0.717, 1.165) is 148 Å². The SMILES string of the molecule is CCC1=C(S)C(=S)C(CC)=C2C3=NC(=C12)NC1=NC(=Nc2[nH]c(c4c(CC)c(S)c(S)c(CC)c24)Nc2[nH]c(c4c(CC)c(S)c(S)c(CC)c24)N3)C2=C(CC)C(=S)C(=S)C(CC)=C12. The summed E-state index contributed by atoms with van der Waals surface area (Å²) in [6.07, 6.45) is 5.52. The third kappa shape index (κ3) is 6.54. The second-order valence-electron chi connectivity index (χ2n) is 16.2. The summed E-state index contributed by atoms with van der Waals surface area (Å²) in [5, 5.41) is 15.6. The number of anilines is 3. The Labute approximate surface area is 418 Å². The number of hydrogen-bond donors (Lipinski definition) is 10. The Morgan fingerprint density at radius 2 is 0.828 bits per heavy atom. The van der Waals surface area contributed by atoms with Crippen LogP contribution in [0.3, 0.4) is 0 Å². The quantitative estimate of drug-likeness (QED) is 0.0637. The molecule has 8 bridgehead atoms. The summed E-state index contributed by atoms with van der Waals surface area (Å²) in [6.45, 7) is 17.1. The number of H-pyrrole nitrogens is 2. The highest BCUT2D eigenvalue weighted by atomic mass is 32.1. The number of aromatic nitrogens is 2. The molecule has 8 nitrogen and oxygen atoms in total. The zero-order valence-electron chi connectivity index (χ0n) is 37.0. The lowest BCUT2D eigenvalue weighted by atomic mass is 9.83. The van der Waals surface area contributed by atoms with E-state index in [9.17, 15) is 0 Å². The molecule has 5 N–H and O–H groups in total. The summed E-state index contributed by atoms with van der Waals surface area (Å²) in [7, 11) is 0. The third-order valence-corrected chi connectivity index (χ3v) is 17.6. The maximum atomic E-state index is 6.19. The average Bonchev–Trinajstić information content (AvgIpc) is 4.02. The van der Waals surface area contributed by atoms with Crippen molar-refractivity contribution in [2.75, 3.05) is 10.6 Å². The Hall–Kier alpha value is -3.35. The topological polar surface area (TPSA) is 105 Å². The normalized spacial score (nSPS) is 17.5. The number of aryl methyl sites for hydroxylation is 4. The van der Waals surface area contributed by atoms with Crippen molar-refractivity contribution in [2.45, 2.75) is 126 Å². The van der Waals surface area contributed by atoms with Crippen LogP contribution in [-0.4, -0.2) is 42.1 Å². The van der Waals surface area contributed by atoms with Crippen molar-refractivity contribution in [3.63, 3.8) is 0 Å². The molecule has 5 aliphatic rings. The van der Waals surface area contributed by atoms with E-state index in [-0.39, 0.29) is 0 Å². The van der Waals surface area contributed by atoms with E-state index in [4.69, 9.17) is 115 Å². The van der Waals surface area contributed by atoms with Gasteiger partial charge in [0.1, 0.15) is 40.8 Å². The second kappa shape index (κ2) is 17.4. The lowest BCUT2D eigenvalue weighted by Crippen LogP contribution is -2.30. The summed E-state index contributed by atoms with van der Waals surface area (Å²) in [6, 6.07) is 0. The largest absolute Gasteiger partial charge is 0.327 e. The zero-order valence-corrected chi connectivity index (χ0v) is 43.9. The van der Waals surface area contributed by atoms with Gasteiger partial charge in [0.25, 0.3) is 0 Å². The van der Waals surface area contributed by atoms with Gasteiger partial charge in [-0.2, -0.15) is 0 Å². The third-order valence-electron chi connectivity index (χ3n) is 13.2. The minimum atomic E-state index is 0.541. The number of rotatable bonds is 8. The molecule has 5 heterocycles. The number of nitrogens with one attached hydrogen (secondary N) is 5. The van der Waals surface area contributed by atoms with Gasteiger partial charge in [0, 0.05) is 68.3 Å². The molecule has 0 spiro atoms. The maximum absolute atomic E-state index is 6.19. The fraction of sp³-hybridized carbons (Fsp3) is 0.333. The van der Waals surface area contributed by atoms with E-state index in [1.165, 1.54) is 0 Å². The smallest absolute Gasteiger partial charge is 0.165 e. The number of allylic oxidation sites excluding steroid dienone is 5. The predicted molar refractivity (Wildman–Crippen MR) is 298 cm³/mol. The number of thiol groups is 5. The molecule has 16 heteroatoms. The molecule has 2 aliphatic carbocycles. The van der Waals surface area contributed by atoms with Gasteiger partial charge < -0.3 is 25.9 Å². The molecule has 0 saturated heterocycles. The van der Waals surface area contributed by atoms with Crippen LogP contribution < -0.4 is 16.0 Å². The summed E-state index contributed by atoms with van der Waals surface area (Å²) < 4.78 is 0. The summed E-state index contributed by atoms with van der Waals surface area (Å²) in [5.74, 6) is 5.46. The van der Waals surface area contributed by atoms with Gasteiger partial charge in [0.15, 0.2) is 5.84 Å². The van der Waals surface area contributed by atoms with Crippen molar-refractivity contribution in [1.29, 1.82) is 0 Å². The van der Waals surface area contributed by atoms with Crippen LogP contribution in [-0.2, 0) is 25.7 Å². The molecule has 2 aromatic carbocycles. The highest BCUT2D eigenvalue weighted by molar-refractivity contribution is 7.90. The van der Waals surface area contributed by atoms with Gasteiger partial charge in [0.05, 0.1) is 14.6 Å². The number of aliphatic imine (C=N–C) groups is 3. The van der Waals surface area contributed by atoms with Gasteiger partial charge in [-0.05, 0) is 95.9 Å². The van der Waals surface area contributed by atoms with Crippen LogP contribution in [0.25, 0.3) is 21.5 Å². The molecule has 0 saturated carbocycles. The first-order chi connectivity index (χ1) is 30.7. The van der Waals surface area contributed by atoms with Crippen molar-refractivity contribution in [3.05, 3.63) is 77.6 Å². The molecule has 2 aromatic heterocycles. The van der Waals surface area contributed by atoms with Gasteiger partial charge in [-0.1, -0.05) is 92.0 Å². The highest BCUT2D eigenvalue weighted by Gasteiger charge is 2.41. The van der Waals surface area contributed by atoms with E-state index in [1.54, 1.807) is 0 Å². The predicted octanol–water partition coefficient (Wildman–Crippen LogP) is 13.7. The van der Waals surface area contributed by atoms with Crippen molar-refractivity contribution in [3.8, 4) is 0 Å². The van der Waals surface area contributed by atoms with Crippen molar-refractivity contribution in [2.24, 2.45) is 15.0 Å². The molecule has 0 fully saturated rings. The van der Waals surface area contributed by atoms with Crippen molar-refractivity contribution in [1.82, 2.24) is 15.3 Å². The monoisotopic (exact) mass is 994 g/mol. The number of benzene rings is 2. The highest BCUT2D eigenvalue weighted by Crippen LogP contribution is 2.50. The Kier molecular flexibility index (Phi) is 12.4. The summed E-state index contributed by atoms with van der Waals surface area (Å²) in [4.78, 5) is 30.4. The first-order valence-electron chi connectivity index (χ1n) is 22.1. The Balaban J connectivity index is 1.48. The maximum Gasteiger partial charge on any atom is 0.165 e. The van der Waals surface area contributed by atoms with Crippen LogP contribution in [0.15, 0.2) is 89.9 Å². The molecule has 9 rings (SSSR count). The molecule has 0 radical (unpaired) electrons. The Bertz CT molecular complexity index is 3160. The molecule has 0 unspecified atom stereocenters. The second-order valence-corrected chi connectivity index (χ2v) is 19.7. The van der Waals surface area contributed by atoms with Crippen LogP contribution in [0.4, 0.5) is 23.3 Å². The van der Waals surface area contributed by atoms with Gasteiger partial charge in [-0.15, -0.1) is 63.1 Å². The van der Waals surface area contributed by atoms with E-state index in [2.05, 4.69) is 81.3 Å². The zero-order chi connectivity index (χ0) is 45.8. The molecule has 0 atom stereocenters. The fourth-order valence-electron chi connectivity index (χ4n) is 10.2. The number of hydrogen-bond acceptors (Lipinski definition) is 14. The van der Waals surface area contributed by atoms with Crippen molar-refractivity contribution >= 4 is 177 Å². The molecular formula is C48H50N8S8. The number of aromatic amines is 2. The summed E-state index contributed by atoms with van der Waals surface area (Å²) >= 11 is 44.1. The lowest BCUT2D eigenvalue weighted by molar-refractivity contribution is 1.01. The molecule has 64 heavy (non-hydrogen) atoms. The minimum absolute atomic E-state index is 0.541. The van der Waals surface area contributed by atoms with Crippen molar-refractivity contribution < 1.29 is 0 Å². The molecule has 330 valence electrons. The Morgan fingerprint density at radius 1 is 0.406 bits per heavy atom. The van der Waals surface area contributed by atoms with Gasteiger partial charge in [-0.25, -0.2) is 15.0 Å². The van der Waals surface area contributed by atoms with Crippen LogP contribution in [0.1, 0.15) is 103 Å². The van der Waals surface area contributed by atoms with E-state index < -0.39 is 0 Å². The number of amidine groups is 3. The average molecular weight is 996 g/mol. The molecular weight excluding hydrogens is 945 g/mol. The van der Waals surface area contributed by atoms with E-state index >= 15 is 0 Å².